The van der Waals surface area contributed by atoms with Crippen LogP contribution in [0, 0.1) is 3.90 Å². The molecule has 0 aliphatic carbocycles. The van der Waals surface area contributed by atoms with Crippen molar-refractivity contribution in [3.63, 3.8) is 0 Å². The molecule has 2 rings (SSSR count). The van der Waals surface area contributed by atoms with Crippen LogP contribution >= 0.6 is 34.2 Å². The first-order valence-electron chi connectivity index (χ1n) is 4.10. The summed E-state index contributed by atoms with van der Waals surface area (Å²) in [4.78, 5) is 0. The third-order valence-electron chi connectivity index (χ3n) is 1.60. The molecule has 1 aromatic carbocycles. The number of aromatic nitrogens is 2. The fourth-order valence-electron chi connectivity index (χ4n) is 0.993. The second kappa shape index (κ2) is 4.80. The molecule has 0 saturated heterocycles. The molecule has 0 amide bonds. The quantitative estimate of drug-likeness (QED) is 0.809. The summed E-state index contributed by atoms with van der Waals surface area (Å²) in [5, 5.41) is 8.11. The van der Waals surface area contributed by atoms with E-state index >= 15 is 0 Å². The Balaban J connectivity index is 1.99. The highest BCUT2D eigenvalue weighted by atomic mass is 127. The van der Waals surface area contributed by atoms with E-state index in [9.17, 15) is 0 Å². The number of benzene rings is 1. The Morgan fingerprint density at radius 3 is 2.93 bits per heavy atom. The number of rotatable bonds is 3. The molecular formula is C9H6ClIN2O2. The maximum absolute atomic E-state index is 5.80. The molecular weight excluding hydrogens is 330 g/mol. The topological polar surface area (TPSA) is 48.2 Å². The van der Waals surface area contributed by atoms with E-state index in [0.717, 1.165) is 0 Å². The molecule has 15 heavy (non-hydrogen) atoms. The summed E-state index contributed by atoms with van der Waals surface area (Å²) < 4.78 is 11.0. The summed E-state index contributed by atoms with van der Waals surface area (Å²) in [6, 6.07) is 7.13. The predicted molar refractivity (Wildman–Crippen MR) is 62.8 cm³/mol. The molecule has 0 radical (unpaired) electrons. The Morgan fingerprint density at radius 2 is 2.27 bits per heavy atom. The van der Waals surface area contributed by atoms with Gasteiger partial charge in [-0.25, -0.2) is 0 Å². The number of nitrogens with zero attached hydrogens (tertiary/aromatic N) is 2. The van der Waals surface area contributed by atoms with Crippen LogP contribution in [0.2, 0.25) is 5.02 Å². The third-order valence-corrected chi connectivity index (χ3v) is 2.27. The Labute approximate surface area is 105 Å². The van der Waals surface area contributed by atoms with Gasteiger partial charge < -0.3 is 9.15 Å². The Morgan fingerprint density at radius 1 is 1.40 bits per heavy atom. The standard InChI is InChI=1S/C9H6ClIN2O2/c10-6-2-1-3-7(4-6)14-5-8-12-13-9(11)15-8/h1-4H,5H2. The normalized spacial score (nSPS) is 10.3. The van der Waals surface area contributed by atoms with Crippen LogP contribution in [0.4, 0.5) is 0 Å². The summed E-state index contributed by atoms with van der Waals surface area (Å²) in [6.45, 7) is 0.246. The zero-order chi connectivity index (χ0) is 10.7. The van der Waals surface area contributed by atoms with Gasteiger partial charge in [-0.15, -0.1) is 10.2 Å². The Kier molecular flexibility index (Phi) is 3.42. The van der Waals surface area contributed by atoms with Gasteiger partial charge in [0.25, 0.3) is 9.79 Å². The monoisotopic (exact) mass is 336 g/mol. The molecule has 0 atom stereocenters. The Hall–Kier alpha value is -0.820. The highest BCUT2D eigenvalue weighted by molar-refractivity contribution is 14.1. The minimum atomic E-state index is 0.246. The molecule has 0 spiro atoms. The molecule has 1 heterocycles. The van der Waals surface area contributed by atoms with Crippen molar-refractivity contribution in [1.29, 1.82) is 0 Å². The van der Waals surface area contributed by atoms with E-state index in [1.165, 1.54) is 0 Å². The first-order chi connectivity index (χ1) is 7.24. The molecule has 2 aromatic rings. The largest absolute Gasteiger partial charge is 0.484 e. The van der Waals surface area contributed by atoms with Gasteiger partial charge in [-0.2, -0.15) is 0 Å². The summed E-state index contributed by atoms with van der Waals surface area (Å²) in [7, 11) is 0. The Bertz CT molecular complexity index is 461. The molecule has 78 valence electrons. The molecule has 0 saturated carbocycles. The minimum Gasteiger partial charge on any atom is -0.484 e. The first-order valence-corrected chi connectivity index (χ1v) is 5.56. The van der Waals surface area contributed by atoms with Gasteiger partial charge in [0.05, 0.1) is 0 Å². The zero-order valence-corrected chi connectivity index (χ0v) is 10.4. The lowest BCUT2D eigenvalue weighted by molar-refractivity contribution is 0.260. The summed E-state index contributed by atoms with van der Waals surface area (Å²) >= 11 is 7.74. The molecule has 6 heteroatoms. The second-order valence-electron chi connectivity index (χ2n) is 2.69. The maximum Gasteiger partial charge on any atom is 0.278 e. The van der Waals surface area contributed by atoms with Gasteiger partial charge in [0, 0.05) is 27.6 Å². The van der Waals surface area contributed by atoms with Crippen molar-refractivity contribution in [3.05, 3.63) is 39.1 Å². The summed E-state index contributed by atoms with van der Waals surface area (Å²) in [6.07, 6.45) is 0. The van der Waals surface area contributed by atoms with E-state index in [1.807, 2.05) is 34.7 Å². The van der Waals surface area contributed by atoms with Gasteiger partial charge in [0.1, 0.15) is 5.75 Å². The van der Waals surface area contributed by atoms with Gasteiger partial charge in [-0.1, -0.05) is 17.7 Å². The van der Waals surface area contributed by atoms with Crippen LogP contribution in [0.3, 0.4) is 0 Å². The average molecular weight is 337 g/mol. The summed E-state index contributed by atoms with van der Waals surface area (Å²) in [5.41, 5.74) is 0. The first kappa shape index (κ1) is 10.7. The van der Waals surface area contributed by atoms with Gasteiger partial charge in [-0.05, 0) is 18.2 Å². The highest BCUT2D eigenvalue weighted by Crippen LogP contribution is 2.18. The van der Waals surface area contributed by atoms with E-state index < -0.39 is 0 Å². The van der Waals surface area contributed by atoms with Crippen molar-refractivity contribution < 1.29 is 9.15 Å². The number of hydrogen-bond donors (Lipinski definition) is 0. The van der Waals surface area contributed by atoms with Crippen molar-refractivity contribution in [3.8, 4) is 5.75 Å². The smallest absolute Gasteiger partial charge is 0.278 e. The van der Waals surface area contributed by atoms with Crippen LogP contribution in [0.15, 0.2) is 28.7 Å². The molecule has 0 N–H and O–H groups in total. The second-order valence-corrected chi connectivity index (χ2v) is 4.05. The van der Waals surface area contributed by atoms with Crippen LogP contribution in [0.1, 0.15) is 5.89 Å². The van der Waals surface area contributed by atoms with Crippen molar-refractivity contribution in [2.75, 3.05) is 0 Å². The van der Waals surface area contributed by atoms with E-state index in [4.69, 9.17) is 20.8 Å². The lowest BCUT2D eigenvalue weighted by Gasteiger charge is -2.02. The fraction of sp³-hybridized carbons (Fsp3) is 0.111. The van der Waals surface area contributed by atoms with Crippen LogP contribution in [0.5, 0.6) is 5.75 Å². The summed E-state index contributed by atoms with van der Waals surface area (Å²) in [5.74, 6) is 1.12. The average Bonchev–Trinajstić information content (AvgIpc) is 2.62. The zero-order valence-electron chi connectivity index (χ0n) is 7.48. The predicted octanol–water partition coefficient (Wildman–Crippen LogP) is 2.91. The van der Waals surface area contributed by atoms with Gasteiger partial charge >= 0.3 is 0 Å². The fourth-order valence-corrected chi connectivity index (χ4v) is 1.54. The van der Waals surface area contributed by atoms with Crippen LogP contribution < -0.4 is 4.74 Å². The van der Waals surface area contributed by atoms with Gasteiger partial charge in [0.2, 0.25) is 0 Å². The number of hydrogen-bond acceptors (Lipinski definition) is 4. The molecule has 0 aliphatic rings. The van der Waals surface area contributed by atoms with Crippen molar-refractivity contribution in [2.45, 2.75) is 6.61 Å². The van der Waals surface area contributed by atoms with Crippen LogP contribution in [-0.2, 0) is 6.61 Å². The van der Waals surface area contributed by atoms with E-state index in [-0.39, 0.29) is 6.61 Å². The van der Waals surface area contributed by atoms with Gasteiger partial charge in [0.15, 0.2) is 6.61 Å². The van der Waals surface area contributed by atoms with Crippen molar-refractivity contribution in [2.24, 2.45) is 0 Å². The SMILES string of the molecule is Clc1cccc(OCc2nnc(I)o2)c1. The minimum absolute atomic E-state index is 0.246. The van der Waals surface area contributed by atoms with Crippen molar-refractivity contribution in [1.82, 2.24) is 10.2 Å². The molecule has 0 aliphatic heterocycles. The van der Waals surface area contributed by atoms with E-state index in [2.05, 4.69) is 10.2 Å². The van der Waals surface area contributed by atoms with Crippen LogP contribution in [0.25, 0.3) is 0 Å². The van der Waals surface area contributed by atoms with E-state index in [1.54, 1.807) is 12.1 Å². The number of halogens is 2. The van der Waals surface area contributed by atoms with Crippen molar-refractivity contribution >= 4 is 34.2 Å². The van der Waals surface area contributed by atoms with E-state index in [0.29, 0.717) is 20.6 Å². The molecule has 1 aromatic heterocycles. The number of ether oxygens (including phenoxy) is 1. The molecule has 0 bridgehead atoms. The van der Waals surface area contributed by atoms with Gasteiger partial charge in [-0.3, -0.25) is 0 Å². The third kappa shape index (κ3) is 3.07. The maximum atomic E-state index is 5.80. The molecule has 4 nitrogen and oxygen atoms in total. The van der Waals surface area contributed by atoms with Crippen LogP contribution in [-0.4, -0.2) is 10.2 Å². The lowest BCUT2D eigenvalue weighted by atomic mass is 10.3. The highest BCUT2D eigenvalue weighted by Gasteiger charge is 2.03. The molecule has 0 fully saturated rings. The lowest BCUT2D eigenvalue weighted by Crippen LogP contribution is -1.95. The molecule has 0 unspecified atom stereocenters.